The Bertz CT molecular complexity index is 1170. The monoisotopic (exact) mass is 529 g/mol. The summed E-state index contributed by atoms with van der Waals surface area (Å²) in [4.78, 5) is 46.5. The largest absolute Gasteiger partial charge is 0.416 e. The van der Waals surface area contributed by atoms with Gasteiger partial charge in [0.05, 0.1) is 12.2 Å². The lowest BCUT2D eigenvalue weighted by molar-refractivity contribution is -0.140. The van der Waals surface area contributed by atoms with Crippen LogP contribution >= 0.6 is 0 Å². The molecule has 3 fully saturated rings. The summed E-state index contributed by atoms with van der Waals surface area (Å²) in [6.45, 7) is 2.34. The molecule has 0 unspecified atom stereocenters. The number of urea groups is 1. The van der Waals surface area contributed by atoms with Gasteiger partial charge in [0.1, 0.15) is 12.1 Å². The van der Waals surface area contributed by atoms with Crippen molar-refractivity contribution in [2.24, 2.45) is 0 Å². The summed E-state index contributed by atoms with van der Waals surface area (Å²) in [6, 6.07) is 13.4. The number of hydrogen-bond acceptors (Lipinski definition) is 4. The van der Waals surface area contributed by atoms with Crippen molar-refractivity contribution >= 4 is 29.2 Å². The van der Waals surface area contributed by atoms with Gasteiger partial charge in [-0.25, -0.2) is 4.79 Å². The molecule has 0 saturated carbocycles. The fourth-order valence-electron chi connectivity index (χ4n) is 5.58. The molecular weight excluding hydrogens is 499 g/mol. The van der Waals surface area contributed by atoms with E-state index in [0.29, 0.717) is 19.5 Å². The summed E-state index contributed by atoms with van der Waals surface area (Å²) in [5.41, 5.74) is -0.529. The third-order valence-electron chi connectivity index (χ3n) is 7.71. The van der Waals surface area contributed by atoms with Crippen LogP contribution in [-0.2, 0) is 15.8 Å². The molecule has 2 aromatic rings. The number of para-hydroxylation sites is 1. The lowest BCUT2D eigenvalue weighted by atomic mass is 9.85. The highest BCUT2D eigenvalue weighted by atomic mass is 19.4. The van der Waals surface area contributed by atoms with Crippen LogP contribution in [-0.4, -0.2) is 77.5 Å². The van der Waals surface area contributed by atoms with Gasteiger partial charge in [-0.15, -0.1) is 0 Å². The number of hydrogen-bond donors (Lipinski definition) is 1. The average Bonchev–Trinajstić information content (AvgIpc) is 3.54. The number of likely N-dealkylation sites (tertiary alicyclic amines) is 2. The molecule has 3 aliphatic heterocycles. The number of nitrogens with one attached hydrogen (secondary N) is 1. The molecule has 3 saturated heterocycles. The van der Waals surface area contributed by atoms with Crippen molar-refractivity contribution in [1.29, 1.82) is 0 Å². The Morgan fingerprint density at radius 1 is 0.868 bits per heavy atom. The average molecular weight is 530 g/mol. The number of rotatable bonds is 4. The molecule has 3 heterocycles. The van der Waals surface area contributed by atoms with Crippen LogP contribution in [0.3, 0.4) is 0 Å². The Morgan fingerprint density at radius 3 is 2.11 bits per heavy atom. The molecule has 0 aliphatic carbocycles. The first-order valence-electron chi connectivity index (χ1n) is 12.8. The molecule has 8 nitrogen and oxygen atoms in total. The number of anilines is 2. The van der Waals surface area contributed by atoms with Crippen LogP contribution in [0.2, 0.25) is 0 Å². The second-order valence-corrected chi connectivity index (χ2v) is 10.0. The lowest BCUT2D eigenvalue weighted by Gasteiger charge is -2.43. The number of amides is 4. The van der Waals surface area contributed by atoms with Gasteiger partial charge in [0.2, 0.25) is 5.91 Å². The van der Waals surface area contributed by atoms with Crippen molar-refractivity contribution in [2.75, 3.05) is 49.6 Å². The molecule has 1 N–H and O–H groups in total. The van der Waals surface area contributed by atoms with Gasteiger partial charge < -0.3 is 24.9 Å². The van der Waals surface area contributed by atoms with Crippen molar-refractivity contribution in [3.8, 4) is 0 Å². The number of carbonyl (C=O) groups is 3. The number of benzene rings is 2. The minimum atomic E-state index is -4.45. The first-order valence-corrected chi connectivity index (χ1v) is 12.8. The Hall–Kier alpha value is -3.76. The second kappa shape index (κ2) is 10.2. The van der Waals surface area contributed by atoms with Crippen LogP contribution in [0.15, 0.2) is 54.6 Å². The van der Waals surface area contributed by atoms with Gasteiger partial charge in [0.25, 0.3) is 5.91 Å². The topological polar surface area (TPSA) is 76.2 Å². The van der Waals surface area contributed by atoms with Crippen LogP contribution in [0.1, 0.15) is 31.2 Å². The number of nitrogens with zero attached hydrogens (tertiary/aromatic N) is 4. The van der Waals surface area contributed by atoms with Crippen molar-refractivity contribution < 1.29 is 27.6 Å². The highest BCUT2D eigenvalue weighted by Crippen LogP contribution is 2.39. The van der Waals surface area contributed by atoms with Crippen molar-refractivity contribution in [2.45, 2.75) is 37.4 Å². The molecule has 0 atom stereocenters. The number of carbonyl (C=O) groups excluding carboxylic acids is 3. The van der Waals surface area contributed by atoms with E-state index in [1.807, 2.05) is 35.2 Å². The van der Waals surface area contributed by atoms with Gasteiger partial charge in [-0.2, -0.15) is 13.2 Å². The number of alkyl halides is 3. The summed E-state index contributed by atoms with van der Waals surface area (Å²) < 4.78 is 38.5. The SMILES string of the molecule is O=C(CN1CN(c2ccccc2)C2(CCN(C(=O)Nc3ccc(C(F)(F)F)cc3)CC2)C1=O)N1CCCC1. The summed E-state index contributed by atoms with van der Waals surface area (Å²) in [5.74, 6) is -0.161. The van der Waals surface area contributed by atoms with E-state index in [0.717, 1.165) is 43.8 Å². The lowest BCUT2D eigenvalue weighted by Crippen LogP contribution is -2.58. The summed E-state index contributed by atoms with van der Waals surface area (Å²) >= 11 is 0. The normalized spacial score (nSPS) is 19.4. The van der Waals surface area contributed by atoms with Gasteiger partial charge >= 0.3 is 12.2 Å². The molecular formula is C27H30F3N5O3. The molecule has 4 amide bonds. The van der Waals surface area contributed by atoms with Crippen LogP contribution in [0.25, 0.3) is 0 Å². The summed E-state index contributed by atoms with van der Waals surface area (Å²) in [5, 5.41) is 2.65. The predicted octanol–water partition coefficient (Wildman–Crippen LogP) is 4.00. The predicted molar refractivity (Wildman–Crippen MR) is 135 cm³/mol. The highest BCUT2D eigenvalue weighted by Gasteiger charge is 2.54. The van der Waals surface area contributed by atoms with E-state index in [1.165, 1.54) is 12.1 Å². The summed E-state index contributed by atoms with van der Waals surface area (Å²) in [7, 11) is 0. The van der Waals surface area contributed by atoms with E-state index < -0.39 is 23.3 Å². The van der Waals surface area contributed by atoms with Crippen molar-refractivity contribution in [3.05, 3.63) is 60.2 Å². The molecule has 0 bridgehead atoms. The molecule has 0 radical (unpaired) electrons. The number of halogens is 3. The Balaban J connectivity index is 1.28. The van der Waals surface area contributed by atoms with Gasteiger partial charge in [-0.05, 0) is 62.1 Å². The zero-order valence-electron chi connectivity index (χ0n) is 20.9. The van der Waals surface area contributed by atoms with Crippen LogP contribution in [0.4, 0.5) is 29.3 Å². The maximum atomic E-state index is 13.8. The fraction of sp³-hybridized carbons (Fsp3) is 0.444. The Kier molecular flexibility index (Phi) is 6.93. The van der Waals surface area contributed by atoms with E-state index in [-0.39, 0.29) is 37.1 Å². The smallest absolute Gasteiger partial charge is 0.341 e. The van der Waals surface area contributed by atoms with Crippen LogP contribution in [0.5, 0.6) is 0 Å². The fourth-order valence-corrected chi connectivity index (χ4v) is 5.58. The molecule has 1 spiro atoms. The van der Waals surface area contributed by atoms with Gasteiger partial charge in [-0.3, -0.25) is 9.59 Å². The third kappa shape index (κ3) is 5.01. The van der Waals surface area contributed by atoms with Crippen LogP contribution in [0, 0.1) is 0 Å². The molecule has 38 heavy (non-hydrogen) atoms. The Labute approximate surface area is 219 Å². The minimum absolute atomic E-state index is 0.0298. The van der Waals surface area contributed by atoms with Crippen molar-refractivity contribution in [1.82, 2.24) is 14.7 Å². The van der Waals surface area contributed by atoms with E-state index in [1.54, 1.807) is 14.7 Å². The van der Waals surface area contributed by atoms with E-state index in [2.05, 4.69) is 5.32 Å². The first kappa shape index (κ1) is 25.9. The molecule has 202 valence electrons. The minimum Gasteiger partial charge on any atom is -0.341 e. The van der Waals surface area contributed by atoms with Crippen LogP contribution < -0.4 is 10.2 Å². The van der Waals surface area contributed by atoms with E-state index in [4.69, 9.17) is 0 Å². The third-order valence-corrected chi connectivity index (χ3v) is 7.71. The highest BCUT2D eigenvalue weighted by molar-refractivity contribution is 5.97. The standard InChI is InChI=1S/C27H30F3N5O3/c28-27(29,30)20-8-10-21(11-9-20)31-25(38)33-16-12-26(13-17-33)24(37)34(18-23(36)32-14-4-5-15-32)19-35(26)22-6-2-1-3-7-22/h1-3,6-11H,4-5,12-19H2,(H,31,38). The Morgan fingerprint density at radius 2 is 1.50 bits per heavy atom. The zero-order valence-corrected chi connectivity index (χ0v) is 20.9. The van der Waals surface area contributed by atoms with E-state index >= 15 is 0 Å². The molecule has 0 aromatic heterocycles. The maximum absolute atomic E-state index is 13.8. The second-order valence-electron chi connectivity index (χ2n) is 10.0. The quantitative estimate of drug-likeness (QED) is 0.650. The summed E-state index contributed by atoms with van der Waals surface area (Å²) in [6.07, 6.45) is -1.76. The zero-order chi connectivity index (χ0) is 26.9. The van der Waals surface area contributed by atoms with Crippen molar-refractivity contribution in [3.63, 3.8) is 0 Å². The molecule has 5 rings (SSSR count). The molecule has 11 heteroatoms. The molecule has 2 aromatic carbocycles. The maximum Gasteiger partial charge on any atom is 0.416 e. The van der Waals surface area contributed by atoms with Gasteiger partial charge in [0.15, 0.2) is 0 Å². The first-order chi connectivity index (χ1) is 18.2. The van der Waals surface area contributed by atoms with Gasteiger partial charge in [0, 0.05) is 37.6 Å². The van der Waals surface area contributed by atoms with Gasteiger partial charge in [-0.1, -0.05) is 18.2 Å². The van der Waals surface area contributed by atoms with E-state index in [9.17, 15) is 27.6 Å². The molecule has 3 aliphatic rings. The number of piperidine rings is 1.